The van der Waals surface area contributed by atoms with Crippen LogP contribution in [-0.2, 0) is 11.2 Å². The molecule has 1 saturated heterocycles. The fraction of sp³-hybridized carbons (Fsp3) is 0.200. The molecule has 1 aliphatic rings. The highest BCUT2D eigenvalue weighted by atomic mass is 35.5. The van der Waals surface area contributed by atoms with Gasteiger partial charge in [-0.05, 0) is 60.0 Å². The van der Waals surface area contributed by atoms with Crippen LogP contribution < -0.4 is 9.64 Å². The molecule has 1 amide bonds. The molecule has 1 atom stereocenters. The van der Waals surface area contributed by atoms with Gasteiger partial charge in [0, 0.05) is 12.1 Å². The number of hydrogen-bond donors (Lipinski definition) is 1. The summed E-state index contributed by atoms with van der Waals surface area (Å²) in [6.07, 6.45) is 0.322. The summed E-state index contributed by atoms with van der Waals surface area (Å²) < 4.78 is 19.2. The predicted octanol–water partition coefficient (Wildman–Crippen LogP) is 5.89. The Bertz CT molecular complexity index is 1200. The van der Waals surface area contributed by atoms with Gasteiger partial charge < -0.3 is 9.84 Å². The molecule has 1 aliphatic heterocycles. The topological polar surface area (TPSA) is 66.8 Å². The minimum absolute atomic E-state index is 0.0845. The highest BCUT2D eigenvalue weighted by Gasteiger charge is 2.35. The van der Waals surface area contributed by atoms with E-state index in [1.165, 1.54) is 30.0 Å². The average Bonchev–Trinajstić information content (AvgIpc) is 3.17. The SMILES string of the molecule is Cc1c(N2C(=O)CSC2c2ccc(F)cc2)ccc(C(=O)O)c1CCOc1ccccc1Cl. The molecule has 0 bridgehead atoms. The molecule has 3 aromatic carbocycles. The lowest BCUT2D eigenvalue weighted by Crippen LogP contribution is -2.29. The first-order chi connectivity index (χ1) is 15.9. The summed E-state index contributed by atoms with van der Waals surface area (Å²) in [6.45, 7) is 2.03. The van der Waals surface area contributed by atoms with Crippen LogP contribution in [0.15, 0.2) is 60.7 Å². The molecule has 1 heterocycles. The van der Waals surface area contributed by atoms with E-state index in [1.807, 2.05) is 13.0 Å². The zero-order chi connectivity index (χ0) is 23.5. The van der Waals surface area contributed by atoms with Crippen LogP contribution in [0.1, 0.15) is 32.4 Å². The maximum absolute atomic E-state index is 13.4. The molecule has 4 rings (SSSR count). The van der Waals surface area contributed by atoms with Gasteiger partial charge in [0.2, 0.25) is 5.91 Å². The van der Waals surface area contributed by atoms with Crippen LogP contribution in [-0.4, -0.2) is 29.3 Å². The zero-order valence-electron chi connectivity index (χ0n) is 17.8. The maximum atomic E-state index is 13.4. The fourth-order valence-corrected chi connectivity index (χ4v) is 5.27. The van der Waals surface area contributed by atoms with Crippen molar-refractivity contribution in [1.29, 1.82) is 0 Å². The summed E-state index contributed by atoms with van der Waals surface area (Å²) in [6, 6.07) is 16.3. The first-order valence-corrected chi connectivity index (χ1v) is 11.7. The Labute approximate surface area is 200 Å². The highest BCUT2D eigenvalue weighted by molar-refractivity contribution is 8.00. The normalized spacial score (nSPS) is 15.7. The van der Waals surface area contributed by atoms with Crippen LogP contribution in [0.25, 0.3) is 0 Å². The van der Waals surface area contributed by atoms with Gasteiger partial charge in [-0.1, -0.05) is 35.9 Å². The first kappa shape index (κ1) is 23.1. The van der Waals surface area contributed by atoms with Gasteiger partial charge in [-0.25, -0.2) is 9.18 Å². The molecule has 0 aliphatic carbocycles. The van der Waals surface area contributed by atoms with Crippen molar-refractivity contribution in [2.24, 2.45) is 0 Å². The minimum Gasteiger partial charge on any atom is -0.492 e. The molecule has 0 spiro atoms. The van der Waals surface area contributed by atoms with Crippen molar-refractivity contribution in [1.82, 2.24) is 0 Å². The molecule has 0 saturated carbocycles. The van der Waals surface area contributed by atoms with Gasteiger partial charge in [-0.3, -0.25) is 9.69 Å². The highest BCUT2D eigenvalue weighted by Crippen LogP contribution is 2.43. The number of nitrogens with zero attached hydrogens (tertiary/aromatic N) is 1. The molecule has 0 aromatic heterocycles. The van der Waals surface area contributed by atoms with Crippen LogP contribution in [0, 0.1) is 12.7 Å². The number of para-hydroxylation sites is 1. The Morgan fingerprint density at radius 2 is 1.91 bits per heavy atom. The monoisotopic (exact) mass is 485 g/mol. The number of benzene rings is 3. The van der Waals surface area contributed by atoms with Crippen LogP contribution in [0.5, 0.6) is 5.75 Å². The minimum atomic E-state index is -1.05. The van der Waals surface area contributed by atoms with Crippen molar-refractivity contribution in [3.63, 3.8) is 0 Å². The fourth-order valence-electron chi connectivity index (χ4n) is 3.91. The van der Waals surface area contributed by atoms with Gasteiger partial charge in [0.25, 0.3) is 0 Å². The van der Waals surface area contributed by atoms with E-state index in [1.54, 1.807) is 41.3 Å². The molecule has 170 valence electrons. The summed E-state index contributed by atoms with van der Waals surface area (Å²) in [5.74, 6) is -0.671. The van der Waals surface area contributed by atoms with Crippen molar-refractivity contribution < 1.29 is 23.8 Å². The molecule has 1 N–H and O–H groups in total. The van der Waals surface area contributed by atoms with Crippen molar-refractivity contribution in [2.75, 3.05) is 17.3 Å². The number of carboxylic acids is 1. The van der Waals surface area contributed by atoms with E-state index in [4.69, 9.17) is 16.3 Å². The maximum Gasteiger partial charge on any atom is 0.335 e. The van der Waals surface area contributed by atoms with Crippen LogP contribution in [0.2, 0.25) is 5.02 Å². The Morgan fingerprint density at radius 3 is 2.61 bits per heavy atom. The van der Waals surface area contributed by atoms with Crippen LogP contribution in [0.4, 0.5) is 10.1 Å². The number of rotatable bonds is 7. The third-order valence-corrected chi connectivity index (χ3v) is 7.05. The lowest BCUT2D eigenvalue weighted by molar-refractivity contribution is -0.115. The van der Waals surface area contributed by atoms with E-state index >= 15 is 0 Å². The van der Waals surface area contributed by atoms with Crippen LogP contribution in [0.3, 0.4) is 0 Å². The molecule has 8 heteroatoms. The van der Waals surface area contributed by atoms with Crippen molar-refractivity contribution >= 4 is 40.9 Å². The molecule has 1 unspecified atom stereocenters. The van der Waals surface area contributed by atoms with Crippen molar-refractivity contribution in [2.45, 2.75) is 18.7 Å². The number of hydrogen-bond acceptors (Lipinski definition) is 4. The number of carboxylic acid groups (broad SMARTS) is 1. The second-order valence-electron chi connectivity index (χ2n) is 7.55. The van der Waals surface area contributed by atoms with E-state index in [0.717, 1.165) is 5.56 Å². The van der Waals surface area contributed by atoms with Crippen LogP contribution >= 0.6 is 23.4 Å². The number of halogens is 2. The number of carbonyl (C=O) groups is 2. The van der Waals surface area contributed by atoms with Crippen molar-refractivity contribution in [3.8, 4) is 5.75 Å². The second kappa shape index (κ2) is 9.85. The Balaban J connectivity index is 1.66. The van der Waals surface area contributed by atoms with Gasteiger partial charge in [0.1, 0.15) is 16.9 Å². The summed E-state index contributed by atoms with van der Waals surface area (Å²) in [5.41, 5.74) is 2.89. The number of aromatic carboxylic acids is 1. The standard InChI is InChI=1S/C25H21ClFNO4S/c1-15-18(12-13-32-22-5-3-2-4-20(22)26)19(25(30)31)10-11-21(15)28-23(29)14-33-24(28)16-6-8-17(27)9-7-16/h2-11,24H,12-14H2,1H3,(H,30,31). The molecule has 5 nitrogen and oxygen atoms in total. The summed E-state index contributed by atoms with van der Waals surface area (Å²) >= 11 is 7.59. The van der Waals surface area contributed by atoms with Gasteiger partial charge in [-0.2, -0.15) is 0 Å². The molecular weight excluding hydrogens is 465 g/mol. The Kier molecular flexibility index (Phi) is 6.91. The van der Waals surface area contributed by atoms with E-state index in [0.29, 0.717) is 34.0 Å². The smallest absolute Gasteiger partial charge is 0.335 e. The molecule has 1 fully saturated rings. The molecule has 33 heavy (non-hydrogen) atoms. The third-order valence-electron chi connectivity index (χ3n) is 5.53. The third kappa shape index (κ3) is 4.84. The summed E-state index contributed by atoms with van der Waals surface area (Å²) in [7, 11) is 0. The van der Waals surface area contributed by atoms with Gasteiger partial charge in [0.05, 0.1) is 22.9 Å². The summed E-state index contributed by atoms with van der Waals surface area (Å²) in [5, 5.41) is 9.89. The molecule has 3 aromatic rings. The molecular formula is C25H21ClFNO4S. The van der Waals surface area contributed by atoms with Gasteiger partial charge >= 0.3 is 5.97 Å². The lowest BCUT2D eigenvalue weighted by Gasteiger charge is -2.27. The van der Waals surface area contributed by atoms with Crippen molar-refractivity contribution in [3.05, 3.63) is 93.8 Å². The average molecular weight is 486 g/mol. The molecule has 0 radical (unpaired) electrons. The van der Waals surface area contributed by atoms with Gasteiger partial charge in [-0.15, -0.1) is 11.8 Å². The van der Waals surface area contributed by atoms with E-state index < -0.39 is 5.97 Å². The summed E-state index contributed by atoms with van der Waals surface area (Å²) in [4.78, 5) is 26.4. The number of carbonyl (C=O) groups excluding carboxylic acids is 1. The Hall–Kier alpha value is -3.03. The lowest BCUT2D eigenvalue weighted by atomic mass is 9.96. The van der Waals surface area contributed by atoms with E-state index in [9.17, 15) is 19.1 Å². The van der Waals surface area contributed by atoms with E-state index in [-0.39, 0.29) is 35.0 Å². The number of amides is 1. The largest absolute Gasteiger partial charge is 0.492 e. The van der Waals surface area contributed by atoms with E-state index in [2.05, 4.69) is 0 Å². The first-order valence-electron chi connectivity index (χ1n) is 10.3. The number of thioether (sulfide) groups is 1. The second-order valence-corrected chi connectivity index (χ2v) is 9.02. The number of ether oxygens (including phenoxy) is 1. The van der Waals surface area contributed by atoms with Gasteiger partial charge in [0.15, 0.2) is 0 Å². The zero-order valence-corrected chi connectivity index (χ0v) is 19.3. The Morgan fingerprint density at radius 1 is 1.18 bits per heavy atom. The number of anilines is 1. The predicted molar refractivity (Wildman–Crippen MR) is 128 cm³/mol. The quantitative estimate of drug-likeness (QED) is 0.452.